The number of hydrogen-bond acceptors (Lipinski definition) is 4. The number of carbonyl (C=O) groups is 1. The topological polar surface area (TPSA) is 39.2 Å². The highest BCUT2D eigenvalue weighted by atomic mass is 32.1. The Labute approximate surface area is 151 Å². The molecule has 1 saturated carbocycles. The van der Waals surface area contributed by atoms with Crippen LogP contribution in [0.1, 0.15) is 29.7 Å². The summed E-state index contributed by atoms with van der Waals surface area (Å²) in [7, 11) is 0. The van der Waals surface area contributed by atoms with Crippen molar-refractivity contribution >= 4 is 17.3 Å². The summed E-state index contributed by atoms with van der Waals surface area (Å²) in [6, 6.07) is 18.2. The molecule has 2 aromatic carbocycles. The van der Waals surface area contributed by atoms with E-state index in [2.05, 4.69) is 36.2 Å². The van der Waals surface area contributed by atoms with Crippen molar-refractivity contribution in [3.8, 4) is 10.6 Å². The van der Waals surface area contributed by atoms with E-state index in [4.69, 9.17) is 4.74 Å². The molecule has 0 N–H and O–H groups in total. The summed E-state index contributed by atoms with van der Waals surface area (Å²) in [5.74, 6) is -0.136. The maximum Gasteiger partial charge on any atom is 0.316 e. The highest BCUT2D eigenvalue weighted by molar-refractivity contribution is 7.13. The molecule has 1 aliphatic carbocycles. The van der Waals surface area contributed by atoms with E-state index in [9.17, 15) is 4.79 Å². The number of aromatic nitrogens is 1. The van der Waals surface area contributed by atoms with E-state index in [1.807, 2.05) is 35.7 Å². The SMILES string of the molecule is Cc1ccc(-c2nc(COC(=O)C3(c4ccccc4)CC3)cs2)cc1. The molecule has 3 nitrogen and oxygen atoms in total. The molecule has 0 atom stereocenters. The number of rotatable bonds is 5. The van der Waals surface area contributed by atoms with Gasteiger partial charge in [0.1, 0.15) is 11.6 Å². The lowest BCUT2D eigenvalue weighted by molar-refractivity contribution is -0.148. The minimum atomic E-state index is -0.433. The monoisotopic (exact) mass is 349 g/mol. The Morgan fingerprint density at radius 2 is 1.84 bits per heavy atom. The van der Waals surface area contributed by atoms with Crippen molar-refractivity contribution in [1.29, 1.82) is 0 Å². The van der Waals surface area contributed by atoms with Crippen molar-refractivity contribution in [2.45, 2.75) is 31.8 Å². The summed E-state index contributed by atoms with van der Waals surface area (Å²) in [6.07, 6.45) is 1.73. The lowest BCUT2D eigenvalue weighted by Crippen LogP contribution is -2.23. The third-order valence-electron chi connectivity index (χ3n) is 4.67. The molecule has 126 valence electrons. The lowest BCUT2D eigenvalue weighted by atomic mass is 9.96. The van der Waals surface area contributed by atoms with Gasteiger partial charge in [-0.3, -0.25) is 4.79 Å². The molecule has 0 bridgehead atoms. The van der Waals surface area contributed by atoms with Gasteiger partial charge in [0.2, 0.25) is 0 Å². The zero-order valence-electron chi connectivity index (χ0n) is 14.1. The number of nitrogens with zero attached hydrogens (tertiary/aromatic N) is 1. The van der Waals surface area contributed by atoms with Crippen LogP contribution < -0.4 is 0 Å². The Bertz CT molecular complexity index is 880. The molecule has 0 spiro atoms. The average molecular weight is 349 g/mol. The van der Waals surface area contributed by atoms with Crippen LogP contribution in [0.5, 0.6) is 0 Å². The summed E-state index contributed by atoms with van der Waals surface area (Å²) < 4.78 is 5.58. The molecular weight excluding hydrogens is 330 g/mol. The van der Waals surface area contributed by atoms with Gasteiger partial charge in [0.05, 0.1) is 11.1 Å². The van der Waals surface area contributed by atoms with E-state index >= 15 is 0 Å². The fourth-order valence-corrected chi connectivity index (χ4v) is 3.78. The molecule has 3 aromatic rings. The summed E-state index contributed by atoms with van der Waals surface area (Å²) in [4.78, 5) is 17.2. The second-order valence-electron chi connectivity index (χ2n) is 6.53. The van der Waals surface area contributed by atoms with Gasteiger partial charge in [-0.05, 0) is 25.3 Å². The molecule has 4 heteroatoms. The predicted octanol–water partition coefficient (Wildman–Crippen LogP) is 4.89. The molecule has 25 heavy (non-hydrogen) atoms. The smallest absolute Gasteiger partial charge is 0.316 e. The Balaban J connectivity index is 1.42. The first-order valence-corrected chi connectivity index (χ1v) is 9.30. The van der Waals surface area contributed by atoms with Gasteiger partial charge in [-0.1, -0.05) is 60.2 Å². The van der Waals surface area contributed by atoms with E-state index in [1.165, 1.54) is 5.56 Å². The van der Waals surface area contributed by atoms with Gasteiger partial charge in [-0.2, -0.15) is 0 Å². The quantitative estimate of drug-likeness (QED) is 0.615. The molecule has 1 fully saturated rings. The molecule has 1 aromatic heterocycles. The van der Waals surface area contributed by atoms with Crippen LogP contribution in [0.25, 0.3) is 10.6 Å². The first-order valence-electron chi connectivity index (χ1n) is 8.42. The highest BCUT2D eigenvalue weighted by Crippen LogP contribution is 2.49. The fraction of sp³-hybridized carbons (Fsp3) is 0.238. The molecule has 0 saturated heterocycles. The molecule has 1 heterocycles. The summed E-state index contributed by atoms with van der Waals surface area (Å²) in [5.41, 5.74) is 3.74. The third-order valence-corrected chi connectivity index (χ3v) is 5.61. The summed E-state index contributed by atoms with van der Waals surface area (Å²) in [5, 5.41) is 2.92. The minimum absolute atomic E-state index is 0.136. The van der Waals surface area contributed by atoms with E-state index < -0.39 is 5.41 Å². The van der Waals surface area contributed by atoms with Crippen molar-refractivity contribution in [1.82, 2.24) is 4.98 Å². The number of carbonyl (C=O) groups excluding carboxylic acids is 1. The normalized spacial score (nSPS) is 14.9. The van der Waals surface area contributed by atoms with Gasteiger partial charge in [-0.25, -0.2) is 4.98 Å². The molecule has 0 radical (unpaired) electrons. The molecule has 0 unspecified atom stereocenters. The van der Waals surface area contributed by atoms with Crippen LogP contribution in [0.4, 0.5) is 0 Å². The first-order chi connectivity index (χ1) is 12.2. The van der Waals surface area contributed by atoms with Crippen LogP contribution >= 0.6 is 11.3 Å². The molecule has 0 aliphatic heterocycles. The predicted molar refractivity (Wildman–Crippen MR) is 99.4 cm³/mol. The van der Waals surface area contributed by atoms with E-state index in [0.717, 1.165) is 34.7 Å². The van der Waals surface area contributed by atoms with Gasteiger partial charge in [-0.15, -0.1) is 11.3 Å². The number of esters is 1. The maximum absolute atomic E-state index is 12.6. The second-order valence-corrected chi connectivity index (χ2v) is 7.39. The number of hydrogen-bond donors (Lipinski definition) is 0. The van der Waals surface area contributed by atoms with Gasteiger partial charge in [0, 0.05) is 10.9 Å². The summed E-state index contributed by atoms with van der Waals surface area (Å²) >= 11 is 1.58. The fourth-order valence-electron chi connectivity index (χ4n) is 2.97. The van der Waals surface area contributed by atoms with Crippen molar-refractivity contribution in [3.05, 3.63) is 76.8 Å². The van der Waals surface area contributed by atoms with Gasteiger partial charge >= 0.3 is 5.97 Å². The van der Waals surface area contributed by atoms with Crippen LogP contribution in [-0.4, -0.2) is 11.0 Å². The maximum atomic E-state index is 12.6. The van der Waals surface area contributed by atoms with E-state index in [1.54, 1.807) is 11.3 Å². The zero-order valence-corrected chi connectivity index (χ0v) is 14.9. The number of ether oxygens (including phenoxy) is 1. The second kappa shape index (κ2) is 6.45. The van der Waals surface area contributed by atoms with Crippen LogP contribution in [0, 0.1) is 6.92 Å². The molecular formula is C21H19NO2S. The zero-order chi connectivity index (χ0) is 17.3. The molecule has 1 aliphatic rings. The van der Waals surface area contributed by atoms with Crippen molar-refractivity contribution in [2.75, 3.05) is 0 Å². The average Bonchev–Trinajstić information content (AvgIpc) is 3.33. The Hall–Kier alpha value is -2.46. The Morgan fingerprint density at radius 1 is 1.12 bits per heavy atom. The van der Waals surface area contributed by atoms with Crippen molar-refractivity contribution < 1.29 is 9.53 Å². The summed E-state index contributed by atoms with van der Waals surface area (Å²) in [6.45, 7) is 2.30. The standard InChI is InChI=1S/C21H19NO2S/c1-15-7-9-16(10-8-15)19-22-18(14-25-19)13-24-20(23)21(11-12-21)17-5-3-2-4-6-17/h2-10,14H,11-13H2,1H3. The third kappa shape index (κ3) is 3.22. The first kappa shape index (κ1) is 16.0. The number of aryl methyl sites for hydroxylation is 1. The lowest BCUT2D eigenvalue weighted by Gasteiger charge is -2.14. The highest BCUT2D eigenvalue weighted by Gasteiger charge is 2.52. The van der Waals surface area contributed by atoms with Gasteiger partial charge in [0.15, 0.2) is 0 Å². The van der Waals surface area contributed by atoms with Crippen molar-refractivity contribution in [3.63, 3.8) is 0 Å². The van der Waals surface area contributed by atoms with Crippen LogP contribution in [0.2, 0.25) is 0 Å². The van der Waals surface area contributed by atoms with Gasteiger partial charge in [0.25, 0.3) is 0 Å². The van der Waals surface area contributed by atoms with E-state index in [-0.39, 0.29) is 12.6 Å². The number of benzene rings is 2. The van der Waals surface area contributed by atoms with Gasteiger partial charge < -0.3 is 4.74 Å². The molecule has 4 rings (SSSR count). The van der Waals surface area contributed by atoms with Crippen LogP contribution in [0.15, 0.2) is 60.0 Å². The number of thiazole rings is 1. The van der Waals surface area contributed by atoms with E-state index in [0.29, 0.717) is 0 Å². The van der Waals surface area contributed by atoms with Crippen molar-refractivity contribution in [2.24, 2.45) is 0 Å². The van der Waals surface area contributed by atoms with Crippen LogP contribution in [-0.2, 0) is 21.6 Å². The largest absolute Gasteiger partial charge is 0.458 e. The minimum Gasteiger partial charge on any atom is -0.458 e. The molecule has 0 amide bonds. The Morgan fingerprint density at radius 3 is 2.52 bits per heavy atom. The Kier molecular flexibility index (Phi) is 4.14. The van der Waals surface area contributed by atoms with Crippen LogP contribution in [0.3, 0.4) is 0 Å².